The number of carbonyl (C=O) groups excluding carboxylic acids is 2. The smallest absolute Gasteiger partial charge is 0.254 e. The van der Waals surface area contributed by atoms with E-state index in [0.717, 1.165) is 29.8 Å². The molecule has 144 valence electrons. The first-order valence-corrected chi connectivity index (χ1v) is 9.26. The maximum Gasteiger partial charge on any atom is 0.254 e. The van der Waals surface area contributed by atoms with Crippen molar-refractivity contribution in [3.05, 3.63) is 52.8 Å². The molecule has 2 aromatic rings. The molecule has 2 heterocycles. The van der Waals surface area contributed by atoms with E-state index in [-0.39, 0.29) is 18.4 Å². The van der Waals surface area contributed by atoms with Crippen LogP contribution in [0, 0.1) is 12.8 Å². The molecule has 3 N–H and O–H groups in total. The molecule has 1 aromatic carbocycles. The van der Waals surface area contributed by atoms with Gasteiger partial charge in [-0.05, 0) is 31.2 Å². The van der Waals surface area contributed by atoms with Gasteiger partial charge in [-0.2, -0.15) is 5.10 Å². The second-order valence-corrected chi connectivity index (χ2v) is 7.16. The Kier molecular flexibility index (Phi) is 5.91. The number of hydrogen-bond acceptors (Lipinski definition) is 4. The average Bonchev–Trinajstić information content (AvgIpc) is 3.08. The van der Waals surface area contributed by atoms with Gasteiger partial charge in [0, 0.05) is 26.6 Å². The molecule has 0 saturated carbocycles. The van der Waals surface area contributed by atoms with Crippen molar-refractivity contribution in [2.45, 2.75) is 39.3 Å². The van der Waals surface area contributed by atoms with Crippen LogP contribution in [0.2, 0.25) is 0 Å². The van der Waals surface area contributed by atoms with E-state index in [1.54, 1.807) is 6.20 Å². The number of aliphatic hydroxyl groups is 1. The third kappa shape index (κ3) is 4.74. The van der Waals surface area contributed by atoms with Gasteiger partial charge in [-0.3, -0.25) is 14.3 Å². The molecule has 2 amide bonds. The minimum Gasteiger partial charge on any atom is -0.387 e. The molecule has 27 heavy (non-hydrogen) atoms. The summed E-state index contributed by atoms with van der Waals surface area (Å²) in [5.41, 5.74) is 3.32. The number of aromatic nitrogens is 2. The number of amides is 2. The van der Waals surface area contributed by atoms with E-state index in [4.69, 9.17) is 0 Å². The van der Waals surface area contributed by atoms with E-state index in [1.165, 1.54) is 6.92 Å². The van der Waals surface area contributed by atoms with Gasteiger partial charge in [0.2, 0.25) is 5.91 Å². The summed E-state index contributed by atoms with van der Waals surface area (Å²) >= 11 is 0. The fraction of sp³-hybridized carbons (Fsp3) is 0.450. The predicted molar refractivity (Wildman–Crippen MR) is 101 cm³/mol. The minimum absolute atomic E-state index is 0.0443. The highest BCUT2D eigenvalue weighted by Crippen LogP contribution is 2.23. The minimum atomic E-state index is -0.756. The Morgan fingerprint density at radius 1 is 1.30 bits per heavy atom. The van der Waals surface area contributed by atoms with Crippen molar-refractivity contribution >= 4 is 11.8 Å². The summed E-state index contributed by atoms with van der Waals surface area (Å²) in [5, 5.41) is 20.2. The van der Waals surface area contributed by atoms with Gasteiger partial charge >= 0.3 is 0 Å². The van der Waals surface area contributed by atoms with Crippen LogP contribution in [0.15, 0.2) is 30.5 Å². The number of nitrogens with zero attached hydrogens (tertiary/aromatic N) is 2. The molecule has 0 unspecified atom stereocenters. The molecule has 1 aromatic heterocycles. The lowest BCUT2D eigenvalue weighted by Crippen LogP contribution is -2.33. The molecule has 3 rings (SSSR count). The first-order valence-electron chi connectivity index (χ1n) is 9.26. The summed E-state index contributed by atoms with van der Waals surface area (Å²) in [7, 11) is 0. The van der Waals surface area contributed by atoms with Gasteiger partial charge in [-0.25, -0.2) is 0 Å². The number of carbonyl (C=O) groups is 2. The highest BCUT2D eigenvalue weighted by molar-refractivity contribution is 5.95. The van der Waals surface area contributed by atoms with Crippen molar-refractivity contribution < 1.29 is 14.7 Å². The lowest BCUT2D eigenvalue weighted by molar-refractivity contribution is -0.119. The molecular weight excluding hydrogens is 344 g/mol. The largest absolute Gasteiger partial charge is 0.387 e. The zero-order chi connectivity index (χ0) is 19.4. The fourth-order valence-corrected chi connectivity index (χ4v) is 3.34. The first kappa shape index (κ1) is 19.1. The van der Waals surface area contributed by atoms with Crippen molar-refractivity contribution in [3.63, 3.8) is 0 Å². The second kappa shape index (κ2) is 8.35. The maximum absolute atomic E-state index is 12.6. The third-order valence-corrected chi connectivity index (χ3v) is 4.98. The Balaban J connectivity index is 1.60. The van der Waals surface area contributed by atoms with Crippen molar-refractivity contribution in [3.8, 4) is 0 Å². The molecule has 0 saturated heterocycles. The number of nitrogens with one attached hydrogen (secondary N) is 2. The summed E-state index contributed by atoms with van der Waals surface area (Å²) in [6.07, 6.45) is 2.45. The molecule has 7 nitrogen and oxygen atoms in total. The first-order chi connectivity index (χ1) is 12.9. The highest BCUT2D eigenvalue weighted by atomic mass is 16.3. The quantitative estimate of drug-likeness (QED) is 0.715. The summed E-state index contributed by atoms with van der Waals surface area (Å²) in [6, 6.07) is 7.59. The number of aryl methyl sites for hydroxylation is 2. The maximum atomic E-state index is 12.6. The zero-order valence-electron chi connectivity index (χ0n) is 15.7. The molecule has 1 aliphatic heterocycles. The number of benzene rings is 1. The topological polar surface area (TPSA) is 96.2 Å². The Morgan fingerprint density at radius 2 is 2.04 bits per heavy atom. The van der Waals surface area contributed by atoms with Crippen LogP contribution in [0.4, 0.5) is 0 Å². The third-order valence-electron chi connectivity index (χ3n) is 4.98. The summed E-state index contributed by atoms with van der Waals surface area (Å²) in [5.74, 6) is 0.0162. The number of fused-ring (bicyclic) bond motifs is 1. The summed E-state index contributed by atoms with van der Waals surface area (Å²) in [4.78, 5) is 23.7. The van der Waals surface area contributed by atoms with Gasteiger partial charge in [0.15, 0.2) is 0 Å². The molecular formula is C20H26N4O3. The molecule has 0 bridgehead atoms. The molecule has 0 spiro atoms. The molecule has 0 fully saturated rings. The standard InChI is InChI=1S/C20H26N4O3/c1-13-3-5-16(6-4-13)19(26)12-22-20(27)17-11-23-24-8-7-15(9-18(17)24)10-21-14(2)25/h3-6,11,15,19,26H,7-10,12H2,1-2H3,(H,21,25)(H,22,27)/t15-,19+/m0/s1. The average molecular weight is 370 g/mol. The van der Waals surface area contributed by atoms with Crippen molar-refractivity contribution in [1.29, 1.82) is 0 Å². The number of hydrogen-bond donors (Lipinski definition) is 3. The van der Waals surface area contributed by atoms with Gasteiger partial charge in [0.1, 0.15) is 0 Å². The van der Waals surface area contributed by atoms with Crippen LogP contribution >= 0.6 is 0 Å². The highest BCUT2D eigenvalue weighted by Gasteiger charge is 2.25. The van der Waals surface area contributed by atoms with Gasteiger partial charge in [0.05, 0.1) is 23.6 Å². The van der Waals surface area contributed by atoms with E-state index in [0.29, 0.717) is 24.4 Å². The molecule has 7 heteroatoms. The Labute approximate surface area is 158 Å². The van der Waals surface area contributed by atoms with Crippen molar-refractivity contribution in [2.75, 3.05) is 13.1 Å². The number of aliphatic hydroxyl groups excluding tert-OH is 1. The number of rotatable bonds is 6. The van der Waals surface area contributed by atoms with Gasteiger partial charge in [-0.15, -0.1) is 0 Å². The van der Waals surface area contributed by atoms with E-state index in [1.807, 2.05) is 35.9 Å². The van der Waals surface area contributed by atoms with E-state index in [2.05, 4.69) is 15.7 Å². The summed E-state index contributed by atoms with van der Waals surface area (Å²) < 4.78 is 1.86. The Bertz CT molecular complexity index is 813. The van der Waals surface area contributed by atoms with Crippen LogP contribution in [-0.2, 0) is 17.8 Å². The van der Waals surface area contributed by atoms with Crippen LogP contribution in [0.3, 0.4) is 0 Å². The Hall–Kier alpha value is -2.67. The fourth-order valence-electron chi connectivity index (χ4n) is 3.34. The SMILES string of the molecule is CC(=O)NC[C@H]1CCn2ncc(C(=O)NC[C@@H](O)c3ccc(C)cc3)c2C1. The summed E-state index contributed by atoms with van der Waals surface area (Å²) in [6.45, 7) is 4.97. The lowest BCUT2D eigenvalue weighted by atomic mass is 9.94. The zero-order valence-corrected chi connectivity index (χ0v) is 15.7. The van der Waals surface area contributed by atoms with Gasteiger partial charge < -0.3 is 15.7 Å². The normalized spacial score (nSPS) is 17.1. The van der Waals surface area contributed by atoms with Crippen molar-refractivity contribution in [2.24, 2.45) is 5.92 Å². The van der Waals surface area contributed by atoms with Crippen molar-refractivity contribution in [1.82, 2.24) is 20.4 Å². The predicted octanol–water partition coefficient (Wildman–Crippen LogP) is 1.35. The van der Waals surface area contributed by atoms with Crippen LogP contribution in [0.1, 0.15) is 46.6 Å². The molecule has 0 aliphatic carbocycles. The van der Waals surface area contributed by atoms with E-state index < -0.39 is 6.10 Å². The second-order valence-electron chi connectivity index (χ2n) is 7.16. The van der Waals surface area contributed by atoms with Crippen LogP contribution in [0.25, 0.3) is 0 Å². The monoisotopic (exact) mass is 370 g/mol. The van der Waals surface area contributed by atoms with E-state index in [9.17, 15) is 14.7 Å². The van der Waals surface area contributed by atoms with Crippen LogP contribution in [-0.4, -0.2) is 39.8 Å². The molecule has 1 aliphatic rings. The van der Waals surface area contributed by atoms with Crippen LogP contribution in [0.5, 0.6) is 0 Å². The van der Waals surface area contributed by atoms with E-state index >= 15 is 0 Å². The molecule has 0 radical (unpaired) electrons. The lowest BCUT2D eigenvalue weighted by Gasteiger charge is -2.24. The van der Waals surface area contributed by atoms with Gasteiger partial charge in [0.25, 0.3) is 5.91 Å². The van der Waals surface area contributed by atoms with Gasteiger partial charge in [-0.1, -0.05) is 29.8 Å². The Morgan fingerprint density at radius 3 is 2.74 bits per heavy atom. The van der Waals surface area contributed by atoms with Crippen LogP contribution < -0.4 is 10.6 Å². The molecule has 2 atom stereocenters.